The maximum absolute atomic E-state index is 11.9. The van der Waals surface area contributed by atoms with Crippen molar-refractivity contribution < 1.29 is 8.42 Å². The molecular weight excluding hydrogens is 216 g/mol. The van der Waals surface area contributed by atoms with Crippen molar-refractivity contribution in [1.82, 2.24) is 8.28 Å². The van der Waals surface area contributed by atoms with Crippen LogP contribution in [0.4, 0.5) is 0 Å². The van der Waals surface area contributed by atoms with Crippen LogP contribution in [0.15, 0.2) is 29.2 Å². The molecule has 1 aliphatic rings. The second-order valence-corrected chi connectivity index (χ2v) is 5.25. The van der Waals surface area contributed by atoms with E-state index in [4.69, 9.17) is 0 Å². The summed E-state index contributed by atoms with van der Waals surface area (Å²) in [6, 6.07) is 4.31. The zero-order chi connectivity index (χ0) is 10.9. The number of rotatable bonds is 2. The summed E-state index contributed by atoms with van der Waals surface area (Å²) in [5, 5.41) is 0. The normalized spacial score (nSPS) is 18.1. The molecule has 2 rings (SSSR count). The number of nitrogens with zero attached hydrogens (tertiary/aromatic N) is 2. The van der Waals surface area contributed by atoms with Gasteiger partial charge in [-0.25, -0.2) is 0 Å². The lowest BCUT2D eigenvalue weighted by Crippen LogP contribution is -2.38. The largest absolute Gasteiger partial charge is 0.310 e. The van der Waals surface area contributed by atoms with Crippen molar-refractivity contribution in [2.75, 3.05) is 13.1 Å². The van der Waals surface area contributed by atoms with Gasteiger partial charge in [-0.2, -0.15) is 16.7 Å². The van der Waals surface area contributed by atoms with E-state index in [1.807, 2.05) is 0 Å². The van der Waals surface area contributed by atoms with Gasteiger partial charge in [-0.1, -0.05) is 6.07 Å². The molecule has 2 heterocycles. The molecule has 0 radical (unpaired) electrons. The molecule has 1 aromatic heterocycles. The SMILES string of the molecule is O=c1ccccn1S(=O)(=O)N1CCCC1. The van der Waals surface area contributed by atoms with Crippen LogP contribution in [0.5, 0.6) is 0 Å². The Kier molecular flexibility index (Phi) is 2.62. The summed E-state index contributed by atoms with van der Waals surface area (Å²) in [7, 11) is -3.63. The van der Waals surface area contributed by atoms with Crippen molar-refractivity contribution in [2.45, 2.75) is 12.8 Å². The fourth-order valence-corrected chi connectivity index (χ4v) is 3.13. The first-order valence-corrected chi connectivity index (χ1v) is 6.20. The van der Waals surface area contributed by atoms with Gasteiger partial charge in [0, 0.05) is 25.4 Å². The van der Waals surface area contributed by atoms with E-state index in [0.717, 1.165) is 16.8 Å². The van der Waals surface area contributed by atoms with Crippen LogP contribution in [0.3, 0.4) is 0 Å². The number of pyridine rings is 1. The third-order valence-corrected chi connectivity index (χ3v) is 4.24. The molecule has 0 amide bonds. The molecular formula is C9H12N2O3S. The summed E-state index contributed by atoms with van der Waals surface area (Å²) < 4.78 is 26.0. The smallest absolute Gasteiger partial charge is 0.268 e. The van der Waals surface area contributed by atoms with Crippen LogP contribution in [0.2, 0.25) is 0 Å². The van der Waals surface area contributed by atoms with Crippen LogP contribution < -0.4 is 5.56 Å². The van der Waals surface area contributed by atoms with Gasteiger partial charge in [0.05, 0.1) is 0 Å². The quantitative estimate of drug-likeness (QED) is 0.718. The monoisotopic (exact) mass is 228 g/mol. The second kappa shape index (κ2) is 3.79. The Morgan fingerprint density at radius 1 is 1.13 bits per heavy atom. The van der Waals surface area contributed by atoms with Crippen LogP contribution in [-0.2, 0) is 10.2 Å². The van der Waals surface area contributed by atoms with Gasteiger partial charge < -0.3 is 0 Å². The highest BCUT2D eigenvalue weighted by Gasteiger charge is 2.27. The van der Waals surface area contributed by atoms with E-state index in [1.54, 1.807) is 0 Å². The summed E-state index contributed by atoms with van der Waals surface area (Å²) in [6.45, 7) is 1.01. The molecule has 0 saturated carbocycles. The summed E-state index contributed by atoms with van der Waals surface area (Å²) in [5.74, 6) is 0. The van der Waals surface area contributed by atoms with Crippen molar-refractivity contribution in [1.29, 1.82) is 0 Å². The topological polar surface area (TPSA) is 59.4 Å². The Hall–Kier alpha value is -1.14. The van der Waals surface area contributed by atoms with Crippen LogP contribution in [0.1, 0.15) is 12.8 Å². The van der Waals surface area contributed by atoms with E-state index in [0.29, 0.717) is 13.1 Å². The predicted molar refractivity (Wildman–Crippen MR) is 55.8 cm³/mol. The fraction of sp³-hybridized carbons (Fsp3) is 0.444. The molecule has 0 unspecified atom stereocenters. The number of aromatic nitrogens is 1. The Labute approximate surface area is 88.1 Å². The molecule has 82 valence electrons. The molecule has 0 atom stereocenters. The summed E-state index contributed by atoms with van der Waals surface area (Å²) in [5.41, 5.74) is -0.510. The maximum atomic E-state index is 11.9. The first-order valence-electron chi connectivity index (χ1n) is 4.81. The fourth-order valence-electron chi connectivity index (χ4n) is 1.65. The average Bonchev–Trinajstić information content (AvgIpc) is 2.71. The van der Waals surface area contributed by atoms with E-state index < -0.39 is 15.8 Å². The van der Waals surface area contributed by atoms with E-state index >= 15 is 0 Å². The highest BCUT2D eigenvalue weighted by molar-refractivity contribution is 7.87. The predicted octanol–water partition coefficient (Wildman–Crippen LogP) is 0.0370. The second-order valence-electron chi connectivity index (χ2n) is 3.45. The molecule has 1 aromatic rings. The third kappa shape index (κ3) is 1.82. The van der Waals surface area contributed by atoms with Gasteiger partial charge in [-0.15, -0.1) is 0 Å². The first-order chi connectivity index (χ1) is 7.12. The standard InChI is InChI=1S/C9H12N2O3S/c12-9-5-1-2-8-11(9)15(13,14)10-6-3-4-7-10/h1-2,5,8H,3-4,6-7H2. The zero-order valence-corrected chi connectivity index (χ0v) is 8.98. The Bertz CT molecular complexity index is 500. The van der Waals surface area contributed by atoms with E-state index in [9.17, 15) is 13.2 Å². The Balaban J connectivity index is 2.46. The summed E-state index contributed by atoms with van der Waals surface area (Å²) in [6.07, 6.45) is 3.01. The average molecular weight is 228 g/mol. The van der Waals surface area contributed by atoms with E-state index in [2.05, 4.69) is 0 Å². The van der Waals surface area contributed by atoms with Crippen LogP contribution >= 0.6 is 0 Å². The van der Waals surface area contributed by atoms with Gasteiger partial charge in [0.1, 0.15) is 0 Å². The zero-order valence-electron chi connectivity index (χ0n) is 8.17. The van der Waals surface area contributed by atoms with Crippen molar-refractivity contribution in [3.8, 4) is 0 Å². The lowest BCUT2D eigenvalue weighted by Gasteiger charge is -2.16. The van der Waals surface area contributed by atoms with Crippen molar-refractivity contribution in [3.05, 3.63) is 34.7 Å². The van der Waals surface area contributed by atoms with Crippen molar-refractivity contribution in [2.24, 2.45) is 0 Å². The van der Waals surface area contributed by atoms with Gasteiger partial charge in [0.25, 0.3) is 5.56 Å². The number of hydrogen-bond acceptors (Lipinski definition) is 3. The highest BCUT2D eigenvalue weighted by Crippen LogP contribution is 2.13. The van der Waals surface area contributed by atoms with Gasteiger partial charge >= 0.3 is 10.2 Å². The molecule has 1 fully saturated rings. The minimum Gasteiger partial charge on any atom is -0.268 e. The van der Waals surface area contributed by atoms with Gasteiger partial charge in [-0.05, 0) is 18.9 Å². The molecule has 0 aromatic carbocycles. The molecule has 0 N–H and O–H groups in total. The van der Waals surface area contributed by atoms with Crippen molar-refractivity contribution >= 4 is 10.2 Å². The van der Waals surface area contributed by atoms with Crippen LogP contribution in [0, 0.1) is 0 Å². The summed E-state index contributed by atoms with van der Waals surface area (Å²) in [4.78, 5) is 11.4. The maximum Gasteiger partial charge on any atom is 0.310 e. The van der Waals surface area contributed by atoms with Gasteiger partial charge in [0.2, 0.25) is 0 Å². The highest BCUT2D eigenvalue weighted by atomic mass is 32.2. The van der Waals surface area contributed by atoms with Crippen LogP contribution in [0.25, 0.3) is 0 Å². The lowest BCUT2D eigenvalue weighted by molar-refractivity contribution is 0.467. The van der Waals surface area contributed by atoms with Crippen LogP contribution in [-0.4, -0.2) is 29.8 Å². The minimum atomic E-state index is -3.63. The lowest BCUT2D eigenvalue weighted by atomic mass is 10.4. The molecule has 0 bridgehead atoms. The molecule has 1 saturated heterocycles. The van der Waals surface area contributed by atoms with E-state index in [-0.39, 0.29) is 0 Å². The third-order valence-electron chi connectivity index (χ3n) is 2.43. The number of hydrogen-bond donors (Lipinski definition) is 0. The molecule has 5 nitrogen and oxygen atoms in total. The van der Waals surface area contributed by atoms with Gasteiger partial charge in [0.15, 0.2) is 0 Å². The molecule has 0 spiro atoms. The molecule has 6 heteroatoms. The van der Waals surface area contributed by atoms with Crippen molar-refractivity contribution in [3.63, 3.8) is 0 Å². The summed E-state index contributed by atoms with van der Waals surface area (Å²) >= 11 is 0. The molecule has 0 aliphatic carbocycles. The Morgan fingerprint density at radius 2 is 1.80 bits per heavy atom. The Morgan fingerprint density at radius 3 is 2.40 bits per heavy atom. The van der Waals surface area contributed by atoms with E-state index in [1.165, 1.54) is 28.7 Å². The minimum absolute atomic E-state index is 0.504. The first kappa shape index (κ1) is 10.4. The molecule has 1 aliphatic heterocycles. The van der Waals surface area contributed by atoms with Gasteiger partial charge in [-0.3, -0.25) is 4.79 Å². The molecule has 15 heavy (non-hydrogen) atoms.